The fourth-order valence-corrected chi connectivity index (χ4v) is 0. The van der Waals surface area contributed by atoms with Gasteiger partial charge in [-0.1, -0.05) is 0 Å². The van der Waals surface area contributed by atoms with Crippen LogP contribution in [-0.4, -0.2) is 80.1 Å². The number of rotatable bonds is 0. The van der Waals surface area contributed by atoms with Gasteiger partial charge in [-0.05, 0) is 0 Å². The number of hydrogen-bond acceptors (Lipinski definition) is 0. The molecule has 0 unspecified atom stereocenters. The van der Waals surface area contributed by atoms with Gasteiger partial charge in [0.1, 0.15) is 0 Å². The molecule has 0 atom stereocenters. The fraction of sp³-hybridized carbons (Fsp3) is 0. The maximum absolute atomic E-state index is 0. The van der Waals surface area contributed by atoms with E-state index in [0.29, 0.717) is 0 Å². The van der Waals surface area contributed by atoms with E-state index in [1.807, 2.05) is 0 Å². The Labute approximate surface area is 128 Å². The van der Waals surface area contributed by atoms with Gasteiger partial charge in [0.2, 0.25) is 0 Å². The van der Waals surface area contributed by atoms with Gasteiger partial charge < -0.3 is 0 Å². The van der Waals surface area contributed by atoms with Crippen LogP contribution in [0.15, 0.2) is 0 Å². The van der Waals surface area contributed by atoms with Crippen molar-refractivity contribution >= 4 is 93.6 Å². The molecule has 7 heteroatoms. The summed E-state index contributed by atoms with van der Waals surface area (Å²) in [6.07, 6.45) is 0. The van der Waals surface area contributed by atoms with Crippen molar-refractivity contribution in [2.45, 2.75) is 0 Å². The minimum absolute atomic E-state index is 0. The Hall–Kier alpha value is 4.05. The third-order valence-electron chi connectivity index (χ3n) is 0. The Morgan fingerprint density at radius 2 is 1.00 bits per heavy atom. The average Bonchev–Trinajstić information content (AvgIpc) is 0. The van der Waals surface area contributed by atoms with Crippen molar-refractivity contribution in [1.29, 1.82) is 0 Å². The van der Waals surface area contributed by atoms with E-state index in [4.69, 9.17) is 0 Å². The summed E-state index contributed by atoms with van der Waals surface area (Å²) in [6.45, 7) is 0. The standard InChI is InChI=1S/Al.Cu.Ga.In.H2S.H2Se.Zn.9H/h;;;;2*1H2;;;;;;;;;;. The molecule has 7 heavy (non-hydrogen) atoms. The van der Waals surface area contributed by atoms with Crippen LogP contribution in [0.25, 0.3) is 0 Å². The molecule has 0 aliphatic heterocycles. The molecule has 0 aliphatic carbocycles. The Bertz CT molecular complexity index is 19.7. The maximum atomic E-state index is 0. The van der Waals surface area contributed by atoms with E-state index in [-0.39, 0.29) is 130 Å². The molecule has 0 saturated heterocycles. The van der Waals surface area contributed by atoms with Crippen molar-refractivity contribution < 1.29 is 36.5 Å². The van der Waals surface area contributed by atoms with Crippen molar-refractivity contribution in [3.8, 4) is 0 Å². The molecule has 0 saturated carbocycles. The van der Waals surface area contributed by atoms with E-state index >= 15 is 0 Å². The van der Waals surface area contributed by atoms with Crippen LogP contribution in [0.1, 0.15) is 0 Å². The van der Waals surface area contributed by atoms with Crippen LogP contribution in [0.4, 0.5) is 0 Å². The zero-order chi connectivity index (χ0) is 0. The Balaban J connectivity index is 0. The van der Waals surface area contributed by atoms with Crippen LogP contribution in [-0.2, 0) is 36.5 Å². The summed E-state index contributed by atoms with van der Waals surface area (Å²) in [6, 6.07) is 0. The molecule has 0 aliphatic rings. The molecule has 0 amide bonds. The molecule has 47 valence electrons. The SMILES string of the molecule is S.[AlH3].[Cu].[GaH3].[InH3].[SeH2].[Zn]. The topological polar surface area (TPSA) is 0 Å². The van der Waals surface area contributed by atoms with E-state index in [1.54, 1.807) is 0 Å². The summed E-state index contributed by atoms with van der Waals surface area (Å²) in [7, 11) is 0. The molecule has 0 bridgehead atoms. The van der Waals surface area contributed by atoms with Gasteiger partial charge in [-0.2, -0.15) is 13.5 Å². The quantitative estimate of drug-likeness (QED) is 0.318. The van der Waals surface area contributed by atoms with Crippen LogP contribution in [0.3, 0.4) is 0 Å². The normalized spacial score (nSPS) is 0. The molecule has 0 fully saturated rings. The molecular formula is H13AlCuGaInSSeZn. The molecule has 0 rings (SSSR count). The van der Waals surface area contributed by atoms with Crippen molar-refractivity contribution in [2.24, 2.45) is 0 Å². The summed E-state index contributed by atoms with van der Waals surface area (Å²) >= 11 is 0. The van der Waals surface area contributed by atoms with Crippen molar-refractivity contribution in [3.63, 3.8) is 0 Å². The summed E-state index contributed by atoms with van der Waals surface area (Å²) in [5, 5.41) is 0. The molecule has 0 aromatic carbocycles. The second-order valence-electron chi connectivity index (χ2n) is 0. The van der Waals surface area contributed by atoms with Crippen LogP contribution < -0.4 is 0 Å². The van der Waals surface area contributed by atoms with Gasteiger partial charge >= 0.3 is 62.7 Å². The second-order valence-corrected chi connectivity index (χ2v) is 0. The van der Waals surface area contributed by atoms with Gasteiger partial charge in [0.15, 0.2) is 17.4 Å². The first-order chi connectivity index (χ1) is 0. The second kappa shape index (κ2) is 50.2. The predicted octanol–water partition coefficient (Wildman–Crippen LogP) is -4.36. The van der Waals surface area contributed by atoms with Crippen LogP contribution >= 0.6 is 13.5 Å². The van der Waals surface area contributed by atoms with Crippen LogP contribution in [0, 0.1) is 0 Å². The molecule has 0 heterocycles. The third kappa shape index (κ3) is 39.7. The minimum Gasteiger partial charge on any atom is 0 e. The first kappa shape index (κ1) is 68.0. The summed E-state index contributed by atoms with van der Waals surface area (Å²) < 4.78 is 0. The molecular weight excluding hydrogens is 451 g/mol. The zero-order valence-corrected chi connectivity index (χ0v) is 9.02. The molecule has 0 nitrogen and oxygen atoms in total. The predicted molar refractivity (Wildman–Crippen MR) is 48.7 cm³/mol. The molecule has 0 aromatic heterocycles. The fourth-order valence-electron chi connectivity index (χ4n) is 0. The Kier molecular flexibility index (Phi) is 488. The van der Waals surface area contributed by atoms with Crippen LogP contribution in [0.5, 0.6) is 0 Å². The average molecular weight is 465 g/mol. The minimum atomic E-state index is 0. The maximum Gasteiger partial charge on any atom is 0 e. The summed E-state index contributed by atoms with van der Waals surface area (Å²) in [5.74, 6) is 0. The Morgan fingerprint density at radius 3 is 1.00 bits per heavy atom. The molecule has 1 radical (unpaired) electrons. The van der Waals surface area contributed by atoms with Gasteiger partial charge in [-0.3, -0.25) is 0 Å². The Morgan fingerprint density at radius 1 is 1.00 bits per heavy atom. The molecule has 0 spiro atoms. The van der Waals surface area contributed by atoms with Crippen LogP contribution in [0.2, 0.25) is 0 Å². The van der Waals surface area contributed by atoms with E-state index in [2.05, 4.69) is 0 Å². The van der Waals surface area contributed by atoms with Crippen molar-refractivity contribution in [1.82, 2.24) is 0 Å². The van der Waals surface area contributed by atoms with E-state index < -0.39 is 0 Å². The first-order valence-electron chi connectivity index (χ1n) is 0. The summed E-state index contributed by atoms with van der Waals surface area (Å²) in [5.41, 5.74) is 0. The monoisotopic (exact) mass is 463 g/mol. The smallest absolute Gasteiger partial charge is 0 e. The van der Waals surface area contributed by atoms with E-state index in [9.17, 15) is 0 Å². The molecule has 0 aromatic rings. The van der Waals surface area contributed by atoms with Gasteiger partial charge in [0.05, 0.1) is 0 Å². The molecule has 0 N–H and O–H groups in total. The van der Waals surface area contributed by atoms with Gasteiger partial charge in [0.25, 0.3) is 0 Å². The van der Waals surface area contributed by atoms with Crippen molar-refractivity contribution in [3.05, 3.63) is 0 Å². The van der Waals surface area contributed by atoms with Gasteiger partial charge in [-0.15, -0.1) is 0 Å². The van der Waals surface area contributed by atoms with E-state index in [1.165, 1.54) is 0 Å². The van der Waals surface area contributed by atoms with Gasteiger partial charge in [0, 0.05) is 36.5 Å². The number of hydrogen-bond donors (Lipinski definition) is 0. The third-order valence-corrected chi connectivity index (χ3v) is 0. The van der Waals surface area contributed by atoms with Crippen molar-refractivity contribution in [2.75, 3.05) is 0 Å². The summed E-state index contributed by atoms with van der Waals surface area (Å²) in [4.78, 5) is 0. The van der Waals surface area contributed by atoms with Gasteiger partial charge in [-0.25, -0.2) is 0 Å². The first-order valence-corrected chi connectivity index (χ1v) is 0. The largest absolute Gasteiger partial charge is 0 e. The van der Waals surface area contributed by atoms with E-state index in [0.717, 1.165) is 0 Å². The zero-order valence-electron chi connectivity index (χ0n) is 2.01.